The van der Waals surface area contributed by atoms with Crippen LogP contribution in [-0.2, 0) is 4.74 Å². The molecule has 6 nitrogen and oxygen atoms in total. The summed E-state index contributed by atoms with van der Waals surface area (Å²) in [6.45, 7) is 2.82. The molecular formula is C12H12IN3O3. The summed E-state index contributed by atoms with van der Waals surface area (Å²) in [5, 5.41) is 13.8. The Morgan fingerprint density at radius 1 is 1.26 bits per heavy atom. The van der Waals surface area contributed by atoms with E-state index in [1.165, 1.54) is 0 Å². The summed E-state index contributed by atoms with van der Waals surface area (Å²) >= 11 is 2.17. The number of hydrogen-bond donors (Lipinski definition) is 1. The van der Waals surface area contributed by atoms with Gasteiger partial charge in [-0.25, -0.2) is 0 Å². The van der Waals surface area contributed by atoms with E-state index < -0.39 is 0 Å². The number of hydrogen-bond acceptors (Lipinski definition) is 6. The molecule has 2 heterocycles. The Balaban J connectivity index is 1.89. The van der Waals surface area contributed by atoms with Crippen LogP contribution < -0.4 is 4.90 Å². The standard InChI is InChI=1S/C12H12IN3O3/c13-8-1-2-10(17)9(7-8)11-14-12(15-19-11)16-3-5-18-6-4-16/h1-2,7,17H,3-6H2. The van der Waals surface area contributed by atoms with E-state index in [0.29, 0.717) is 30.6 Å². The largest absolute Gasteiger partial charge is 0.507 e. The first-order chi connectivity index (χ1) is 9.24. The summed E-state index contributed by atoms with van der Waals surface area (Å²) in [5.74, 6) is 1.01. The Kier molecular flexibility index (Phi) is 3.56. The van der Waals surface area contributed by atoms with Gasteiger partial charge in [0.1, 0.15) is 5.75 Å². The van der Waals surface area contributed by atoms with Gasteiger partial charge < -0.3 is 19.3 Å². The number of phenolic OH excluding ortho intramolecular Hbond substituents is 1. The number of halogens is 1. The summed E-state index contributed by atoms with van der Waals surface area (Å²) in [7, 11) is 0. The highest BCUT2D eigenvalue weighted by molar-refractivity contribution is 14.1. The average molecular weight is 373 g/mol. The van der Waals surface area contributed by atoms with Crippen LogP contribution in [-0.4, -0.2) is 41.6 Å². The molecule has 0 amide bonds. The van der Waals surface area contributed by atoms with Crippen LogP contribution in [0.2, 0.25) is 0 Å². The second-order valence-electron chi connectivity index (χ2n) is 4.16. The molecule has 0 aliphatic carbocycles. The van der Waals surface area contributed by atoms with E-state index in [1.807, 2.05) is 17.0 Å². The van der Waals surface area contributed by atoms with E-state index in [0.717, 1.165) is 16.7 Å². The third-order valence-electron chi connectivity index (χ3n) is 2.90. The highest BCUT2D eigenvalue weighted by Gasteiger charge is 2.19. The van der Waals surface area contributed by atoms with Crippen LogP contribution in [0.25, 0.3) is 11.5 Å². The van der Waals surface area contributed by atoms with Crippen molar-refractivity contribution in [3.05, 3.63) is 21.8 Å². The van der Waals surface area contributed by atoms with Crippen molar-refractivity contribution in [2.75, 3.05) is 31.2 Å². The van der Waals surface area contributed by atoms with Crippen LogP contribution in [0, 0.1) is 3.57 Å². The molecule has 100 valence electrons. The molecule has 0 saturated carbocycles. The van der Waals surface area contributed by atoms with Crippen molar-refractivity contribution in [2.24, 2.45) is 0 Å². The lowest BCUT2D eigenvalue weighted by Crippen LogP contribution is -2.36. The Morgan fingerprint density at radius 3 is 2.84 bits per heavy atom. The van der Waals surface area contributed by atoms with E-state index in [2.05, 4.69) is 32.7 Å². The minimum absolute atomic E-state index is 0.137. The fraction of sp³-hybridized carbons (Fsp3) is 0.333. The lowest BCUT2D eigenvalue weighted by molar-refractivity contribution is 0.121. The maximum absolute atomic E-state index is 9.84. The summed E-state index contributed by atoms with van der Waals surface area (Å²) in [4.78, 5) is 6.34. The molecule has 7 heteroatoms. The molecule has 1 aromatic heterocycles. The molecule has 1 aliphatic heterocycles. The fourth-order valence-electron chi connectivity index (χ4n) is 1.90. The van der Waals surface area contributed by atoms with Crippen molar-refractivity contribution in [3.8, 4) is 17.2 Å². The Hall–Kier alpha value is -1.35. The topological polar surface area (TPSA) is 71.6 Å². The zero-order valence-electron chi connectivity index (χ0n) is 10.0. The van der Waals surface area contributed by atoms with Gasteiger partial charge in [-0.15, -0.1) is 0 Å². The molecule has 0 unspecified atom stereocenters. The lowest BCUT2D eigenvalue weighted by atomic mass is 10.2. The first-order valence-electron chi connectivity index (χ1n) is 5.89. The van der Waals surface area contributed by atoms with Gasteiger partial charge in [-0.05, 0) is 45.9 Å². The van der Waals surface area contributed by atoms with Crippen LogP contribution in [0.5, 0.6) is 5.75 Å². The van der Waals surface area contributed by atoms with E-state index in [9.17, 15) is 5.11 Å². The zero-order valence-corrected chi connectivity index (χ0v) is 12.2. The average Bonchev–Trinajstić information content (AvgIpc) is 2.92. The molecular weight excluding hydrogens is 361 g/mol. The van der Waals surface area contributed by atoms with Crippen LogP contribution in [0.3, 0.4) is 0 Å². The molecule has 1 saturated heterocycles. The van der Waals surface area contributed by atoms with E-state index in [-0.39, 0.29) is 5.75 Å². The van der Waals surface area contributed by atoms with Gasteiger partial charge in [0.15, 0.2) is 0 Å². The lowest BCUT2D eigenvalue weighted by Gasteiger charge is -2.24. The van der Waals surface area contributed by atoms with Gasteiger partial charge in [0, 0.05) is 16.7 Å². The SMILES string of the molecule is Oc1ccc(I)cc1-c1nc(N2CCOCC2)no1. The number of anilines is 1. The maximum Gasteiger partial charge on any atom is 0.266 e. The molecule has 1 fully saturated rings. The number of rotatable bonds is 2. The van der Waals surface area contributed by atoms with Crippen molar-refractivity contribution in [3.63, 3.8) is 0 Å². The number of morpholine rings is 1. The highest BCUT2D eigenvalue weighted by atomic mass is 127. The normalized spacial score (nSPS) is 15.7. The Morgan fingerprint density at radius 2 is 2.05 bits per heavy atom. The molecule has 0 bridgehead atoms. The fourth-order valence-corrected chi connectivity index (χ4v) is 2.39. The first-order valence-corrected chi connectivity index (χ1v) is 6.97. The third-order valence-corrected chi connectivity index (χ3v) is 3.57. The van der Waals surface area contributed by atoms with Crippen LogP contribution >= 0.6 is 22.6 Å². The molecule has 1 N–H and O–H groups in total. The van der Waals surface area contributed by atoms with Gasteiger partial charge in [0.05, 0.1) is 18.8 Å². The quantitative estimate of drug-likeness (QED) is 0.811. The highest BCUT2D eigenvalue weighted by Crippen LogP contribution is 2.30. The number of ether oxygens (including phenoxy) is 1. The maximum atomic E-state index is 9.84. The molecule has 3 rings (SSSR count). The van der Waals surface area contributed by atoms with E-state index in [4.69, 9.17) is 9.26 Å². The number of phenols is 1. The number of nitrogens with zero attached hydrogens (tertiary/aromatic N) is 3. The smallest absolute Gasteiger partial charge is 0.266 e. The summed E-state index contributed by atoms with van der Waals surface area (Å²) in [6.07, 6.45) is 0. The van der Waals surface area contributed by atoms with Crippen molar-refractivity contribution in [2.45, 2.75) is 0 Å². The Labute approximate surface area is 123 Å². The monoisotopic (exact) mass is 373 g/mol. The third kappa shape index (κ3) is 2.66. The predicted octanol–water partition coefficient (Wildman–Crippen LogP) is 1.88. The number of aromatic nitrogens is 2. The van der Waals surface area contributed by atoms with E-state index >= 15 is 0 Å². The minimum atomic E-state index is 0.137. The zero-order chi connectivity index (χ0) is 13.2. The number of aromatic hydroxyl groups is 1. The van der Waals surface area contributed by atoms with E-state index in [1.54, 1.807) is 6.07 Å². The molecule has 1 aliphatic rings. The molecule has 0 radical (unpaired) electrons. The summed E-state index contributed by atoms with van der Waals surface area (Å²) < 4.78 is 11.5. The van der Waals surface area contributed by atoms with Gasteiger partial charge in [-0.3, -0.25) is 0 Å². The second-order valence-corrected chi connectivity index (χ2v) is 5.41. The van der Waals surface area contributed by atoms with Gasteiger partial charge in [0.25, 0.3) is 11.8 Å². The van der Waals surface area contributed by atoms with Crippen molar-refractivity contribution in [1.82, 2.24) is 10.1 Å². The van der Waals surface area contributed by atoms with Gasteiger partial charge >= 0.3 is 0 Å². The minimum Gasteiger partial charge on any atom is -0.507 e. The van der Waals surface area contributed by atoms with Crippen LogP contribution in [0.4, 0.5) is 5.95 Å². The van der Waals surface area contributed by atoms with Gasteiger partial charge in [0.2, 0.25) is 0 Å². The molecule has 2 aromatic rings. The molecule has 1 aromatic carbocycles. The molecule has 0 spiro atoms. The van der Waals surface area contributed by atoms with Gasteiger partial charge in [-0.1, -0.05) is 0 Å². The van der Waals surface area contributed by atoms with Gasteiger partial charge in [-0.2, -0.15) is 4.98 Å². The van der Waals surface area contributed by atoms with Crippen LogP contribution in [0.15, 0.2) is 22.7 Å². The number of benzene rings is 1. The first kappa shape index (κ1) is 12.7. The van der Waals surface area contributed by atoms with Crippen LogP contribution in [0.1, 0.15) is 0 Å². The summed E-state index contributed by atoms with van der Waals surface area (Å²) in [6, 6.07) is 5.25. The molecule has 0 atom stereocenters. The second kappa shape index (κ2) is 5.33. The Bertz CT molecular complexity index is 581. The molecule has 19 heavy (non-hydrogen) atoms. The van der Waals surface area contributed by atoms with Crippen molar-refractivity contribution < 1.29 is 14.4 Å². The van der Waals surface area contributed by atoms with Crippen molar-refractivity contribution in [1.29, 1.82) is 0 Å². The van der Waals surface area contributed by atoms with Crippen molar-refractivity contribution >= 4 is 28.5 Å². The summed E-state index contributed by atoms with van der Waals surface area (Å²) in [5.41, 5.74) is 0.555. The predicted molar refractivity (Wildman–Crippen MR) is 77.1 cm³/mol.